The number of thioether (sulfide) groups is 1. The second-order valence-electron chi connectivity index (χ2n) is 7.09. The Hall–Kier alpha value is -2.80. The molecule has 0 spiro atoms. The number of nitrogens with one attached hydrogen (secondary N) is 1. The van der Waals surface area contributed by atoms with Crippen molar-refractivity contribution in [2.45, 2.75) is 32.0 Å². The number of amides is 1. The van der Waals surface area contributed by atoms with Gasteiger partial charge in [0.2, 0.25) is 5.91 Å². The van der Waals surface area contributed by atoms with Gasteiger partial charge in [0.25, 0.3) is 0 Å². The molecule has 1 heterocycles. The first-order valence-electron chi connectivity index (χ1n) is 9.57. The maximum atomic E-state index is 12.3. The number of carbonyl (C=O) groups is 1. The molecule has 0 saturated carbocycles. The Balaban J connectivity index is 1.89. The highest BCUT2D eigenvalue weighted by Crippen LogP contribution is 2.28. The zero-order valence-electron chi connectivity index (χ0n) is 17.1. The molecule has 1 amide bonds. The number of methoxy groups -OCH3 is 1. The summed E-state index contributed by atoms with van der Waals surface area (Å²) in [6.07, 6.45) is 0. The topological polar surface area (TPSA) is 69.0 Å². The average Bonchev–Trinajstić information content (AvgIpc) is 3.16. The highest BCUT2D eigenvalue weighted by atomic mass is 32.2. The standard InChI is InChI=1S/C22H26N4O2S/c1-15(2)16(3)23-20(27)14-29-22-25-24-21(17-8-6-5-7-9-17)26(22)18-10-12-19(28-4)13-11-18/h5-13,15-16H,14H2,1-4H3,(H,23,27)/t16-/m0/s1. The van der Waals surface area contributed by atoms with Crippen LogP contribution in [-0.2, 0) is 4.79 Å². The zero-order chi connectivity index (χ0) is 20.8. The number of ether oxygens (including phenoxy) is 1. The largest absolute Gasteiger partial charge is 0.497 e. The quantitative estimate of drug-likeness (QED) is 0.564. The first-order chi connectivity index (χ1) is 14.0. The minimum Gasteiger partial charge on any atom is -0.497 e. The molecule has 0 saturated heterocycles. The third-order valence-corrected chi connectivity index (χ3v) is 5.65. The summed E-state index contributed by atoms with van der Waals surface area (Å²) >= 11 is 1.38. The molecule has 6 nitrogen and oxygen atoms in total. The molecule has 7 heteroatoms. The van der Waals surface area contributed by atoms with Crippen molar-refractivity contribution in [3.05, 3.63) is 54.6 Å². The van der Waals surface area contributed by atoms with Crippen molar-refractivity contribution < 1.29 is 9.53 Å². The summed E-state index contributed by atoms with van der Waals surface area (Å²) in [5.74, 6) is 2.16. The number of hydrogen-bond acceptors (Lipinski definition) is 5. The fraction of sp³-hybridized carbons (Fsp3) is 0.318. The summed E-state index contributed by atoms with van der Waals surface area (Å²) in [6, 6.07) is 17.7. The summed E-state index contributed by atoms with van der Waals surface area (Å²) in [7, 11) is 1.64. The second kappa shape index (κ2) is 9.60. The predicted octanol–water partition coefficient (Wildman–Crippen LogP) is 4.20. The van der Waals surface area contributed by atoms with E-state index in [1.54, 1.807) is 7.11 Å². The monoisotopic (exact) mass is 410 g/mol. The number of hydrogen-bond donors (Lipinski definition) is 1. The Morgan fingerprint density at radius 3 is 2.38 bits per heavy atom. The number of carbonyl (C=O) groups excluding carboxylic acids is 1. The minimum absolute atomic E-state index is 0.0123. The Morgan fingerprint density at radius 1 is 1.07 bits per heavy atom. The Bertz CT molecular complexity index is 939. The van der Waals surface area contributed by atoms with Gasteiger partial charge in [0, 0.05) is 17.3 Å². The lowest BCUT2D eigenvalue weighted by Crippen LogP contribution is -2.37. The lowest BCUT2D eigenvalue weighted by Gasteiger charge is -2.17. The van der Waals surface area contributed by atoms with Gasteiger partial charge in [-0.1, -0.05) is 55.9 Å². The Kier molecular flexibility index (Phi) is 6.93. The molecule has 3 rings (SSSR count). The Morgan fingerprint density at radius 2 is 1.76 bits per heavy atom. The normalized spacial score (nSPS) is 12.0. The van der Waals surface area contributed by atoms with E-state index in [0.29, 0.717) is 11.1 Å². The van der Waals surface area contributed by atoms with Gasteiger partial charge in [-0.15, -0.1) is 10.2 Å². The fourth-order valence-corrected chi connectivity index (χ4v) is 3.46. The first-order valence-corrected chi connectivity index (χ1v) is 10.6. The highest BCUT2D eigenvalue weighted by molar-refractivity contribution is 7.99. The summed E-state index contributed by atoms with van der Waals surface area (Å²) in [6.45, 7) is 6.19. The van der Waals surface area contributed by atoms with E-state index in [-0.39, 0.29) is 17.7 Å². The lowest BCUT2D eigenvalue weighted by atomic mass is 10.1. The van der Waals surface area contributed by atoms with Crippen molar-refractivity contribution in [3.8, 4) is 22.8 Å². The van der Waals surface area contributed by atoms with Crippen LogP contribution in [0.5, 0.6) is 5.75 Å². The van der Waals surface area contributed by atoms with Crippen LogP contribution in [-0.4, -0.2) is 39.6 Å². The van der Waals surface area contributed by atoms with Crippen LogP contribution >= 0.6 is 11.8 Å². The van der Waals surface area contributed by atoms with Gasteiger partial charge in [-0.2, -0.15) is 0 Å². The van der Waals surface area contributed by atoms with Crippen LogP contribution < -0.4 is 10.1 Å². The minimum atomic E-state index is -0.0123. The lowest BCUT2D eigenvalue weighted by molar-refractivity contribution is -0.119. The van der Waals surface area contributed by atoms with Crippen LogP contribution in [0.2, 0.25) is 0 Å². The van der Waals surface area contributed by atoms with Crippen LogP contribution in [0.1, 0.15) is 20.8 Å². The average molecular weight is 411 g/mol. The van der Waals surface area contributed by atoms with E-state index in [2.05, 4.69) is 29.4 Å². The van der Waals surface area contributed by atoms with Crippen LogP contribution in [0.3, 0.4) is 0 Å². The molecule has 0 fully saturated rings. The molecular weight excluding hydrogens is 384 g/mol. The molecule has 0 unspecified atom stereocenters. The number of nitrogens with zero attached hydrogens (tertiary/aromatic N) is 3. The summed E-state index contributed by atoms with van der Waals surface area (Å²) < 4.78 is 7.24. The fourth-order valence-electron chi connectivity index (χ4n) is 2.69. The van der Waals surface area contributed by atoms with Gasteiger partial charge in [-0.05, 0) is 37.1 Å². The summed E-state index contributed by atoms with van der Waals surface area (Å²) in [5.41, 5.74) is 1.87. The molecule has 29 heavy (non-hydrogen) atoms. The van der Waals surface area contributed by atoms with E-state index in [4.69, 9.17) is 4.74 Å². The summed E-state index contributed by atoms with van der Waals surface area (Å²) in [5, 5.41) is 12.5. The molecule has 1 N–H and O–H groups in total. The van der Waals surface area contributed by atoms with Gasteiger partial charge < -0.3 is 10.1 Å². The molecule has 1 atom stereocenters. The van der Waals surface area contributed by atoms with Crippen molar-refractivity contribution in [1.82, 2.24) is 20.1 Å². The van der Waals surface area contributed by atoms with Crippen molar-refractivity contribution in [2.75, 3.05) is 12.9 Å². The molecule has 0 aliphatic heterocycles. The van der Waals surface area contributed by atoms with E-state index in [0.717, 1.165) is 22.8 Å². The van der Waals surface area contributed by atoms with Crippen molar-refractivity contribution in [1.29, 1.82) is 0 Å². The summed E-state index contributed by atoms with van der Waals surface area (Å²) in [4.78, 5) is 12.3. The number of benzene rings is 2. The molecule has 0 aliphatic rings. The van der Waals surface area contributed by atoms with Gasteiger partial charge in [0.15, 0.2) is 11.0 Å². The first kappa shape index (κ1) is 20.9. The van der Waals surface area contributed by atoms with Gasteiger partial charge >= 0.3 is 0 Å². The van der Waals surface area contributed by atoms with E-state index < -0.39 is 0 Å². The van der Waals surface area contributed by atoms with Crippen molar-refractivity contribution >= 4 is 17.7 Å². The molecule has 0 bridgehead atoms. The van der Waals surface area contributed by atoms with Gasteiger partial charge in [0.05, 0.1) is 12.9 Å². The van der Waals surface area contributed by atoms with E-state index in [9.17, 15) is 4.79 Å². The van der Waals surface area contributed by atoms with Gasteiger partial charge in [0.1, 0.15) is 5.75 Å². The van der Waals surface area contributed by atoms with Crippen LogP contribution in [0.25, 0.3) is 17.1 Å². The molecule has 1 aromatic heterocycles. The highest BCUT2D eigenvalue weighted by Gasteiger charge is 2.18. The van der Waals surface area contributed by atoms with Gasteiger partial charge in [-0.3, -0.25) is 9.36 Å². The van der Waals surface area contributed by atoms with E-state index in [1.165, 1.54) is 11.8 Å². The maximum Gasteiger partial charge on any atom is 0.230 e. The van der Waals surface area contributed by atoms with Crippen LogP contribution in [0.15, 0.2) is 59.8 Å². The molecule has 2 aromatic carbocycles. The maximum absolute atomic E-state index is 12.3. The van der Waals surface area contributed by atoms with E-state index >= 15 is 0 Å². The second-order valence-corrected chi connectivity index (χ2v) is 8.04. The van der Waals surface area contributed by atoms with Crippen molar-refractivity contribution in [3.63, 3.8) is 0 Å². The predicted molar refractivity (Wildman–Crippen MR) is 117 cm³/mol. The van der Waals surface area contributed by atoms with Gasteiger partial charge in [-0.25, -0.2) is 0 Å². The molecule has 3 aromatic rings. The third kappa shape index (κ3) is 5.17. The molecular formula is C22H26N4O2S. The van der Waals surface area contributed by atoms with Crippen molar-refractivity contribution in [2.24, 2.45) is 5.92 Å². The van der Waals surface area contributed by atoms with E-state index in [1.807, 2.05) is 66.1 Å². The third-order valence-electron chi connectivity index (χ3n) is 4.72. The zero-order valence-corrected chi connectivity index (χ0v) is 17.9. The van der Waals surface area contributed by atoms with Crippen LogP contribution in [0, 0.1) is 5.92 Å². The number of aromatic nitrogens is 3. The SMILES string of the molecule is COc1ccc(-n2c(SCC(=O)N[C@@H](C)C(C)C)nnc2-c2ccccc2)cc1. The smallest absolute Gasteiger partial charge is 0.230 e. The number of rotatable bonds is 8. The van der Waals surface area contributed by atoms with Crippen LogP contribution in [0.4, 0.5) is 0 Å². The molecule has 0 aliphatic carbocycles. The molecule has 0 radical (unpaired) electrons. The Labute approximate surface area is 175 Å². The molecule has 152 valence electrons.